The molecule has 0 atom stereocenters. The van der Waals surface area contributed by atoms with Crippen molar-refractivity contribution in [1.29, 1.82) is 0 Å². The summed E-state index contributed by atoms with van der Waals surface area (Å²) >= 11 is 0. The summed E-state index contributed by atoms with van der Waals surface area (Å²) in [4.78, 5) is 12.1. The summed E-state index contributed by atoms with van der Waals surface area (Å²) in [6.45, 7) is 4.84. The number of benzene rings is 1. The van der Waals surface area contributed by atoms with E-state index in [1.165, 1.54) is 0 Å². The van der Waals surface area contributed by atoms with Crippen LogP contribution in [0.2, 0.25) is 0 Å². The number of unbranched alkanes of at least 4 members (excludes halogenated alkanes) is 1. The highest BCUT2D eigenvalue weighted by molar-refractivity contribution is 5.95. The number of amides is 1. The summed E-state index contributed by atoms with van der Waals surface area (Å²) in [5.41, 5.74) is 7.29. The summed E-state index contributed by atoms with van der Waals surface area (Å²) in [5.74, 6) is -0.0254. The smallest absolute Gasteiger partial charge is 0.251 e. The number of hydrogen-bond acceptors (Lipinski definition) is 3. The van der Waals surface area contributed by atoms with Gasteiger partial charge in [-0.2, -0.15) is 0 Å². The van der Waals surface area contributed by atoms with Crippen LogP contribution in [-0.2, 0) is 11.2 Å². The van der Waals surface area contributed by atoms with E-state index < -0.39 is 0 Å². The van der Waals surface area contributed by atoms with Gasteiger partial charge in [0.05, 0.1) is 0 Å². The highest BCUT2D eigenvalue weighted by Crippen LogP contribution is 2.08. The molecular formula is C16H26N2O2. The Labute approximate surface area is 121 Å². The van der Waals surface area contributed by atoms with Gasteiger partial charge in [0.25, 0.3) is 5.91 Å². The first kappa shape index (κ1) is 16.7. The Kier molecular flexibility index (Phi) is 8.67. The summed E-state index contributed by atoms with van der Waals surface area (Å²) in [7, 11) is 0. The van der Waals surface area contributed by atoms with Crippen LogP contribution in [0.25, 0.3) is 0 Å². The molecular weight excluding hydrogens is 252 g/mol. The minimum absolute atomic E-state index is 0.0254. The lowest BCUT2D eigenvalue weighted by Crippen LogP contribution is -2.26. The van der Waals surface area contributed by atoms with E-state index in [-0.39, 0.29) is 5.91 Å². The maximum absolute atomic E-state index is 12.1. The quantitative estimate of drug-likeness (QED) is 0.644. The molecule has 0 spiro atoms. The molecule has 0 aliphatic carbocycles. The molecule has 4 nitrogen and oxygen atoms in total. The van der Waals surface area contributed by atoms with Crippen LogP contribution in [0, 0.1) is 0 Å². The fraction of sp³-hybridized carbons (Fsp3) is 0.562. The number of hydrogen-bond donors (Lipinski definition) is 2. The molecule has 3 N–H and O–H groups in total. The predicted octanol–water partition coefficient (Wildman–Crippen LogP) is 2.12. The van der Waals surface area contributed by atoms with Gasteiger partial charge in [0.1, 0.15) is 0 Å². The van der Waals surface area contributed by atoms with E-state index in [2.05, 4.69) is 12.2 Å². The molecule has 1 amide bonds. The van der Waals surface area contributed by atoms with Crippen LogP contribution in [0.5, 0.6) is 0 Å². The van der Waals surface area contributed by atoms with Crippen molar-refractivity contribution in [3.63, 3.8) is 0 Å². The predicted molar refractivity (Wildman–Crippen MR) is 81.9 cm³/mol. The zero-order valence-electron chi connectivity index (χ0n) is 12.4. The second-order valence-corrected chi connectivity index (χ2v) is 4.77. The molecule has 0 fully saturated rings. The van der Waals surface area contributed by atoms with Crippen LogP contribution in [0.15, 0.2) is 24.3 Å². The van der Waals surface area contributed by atoms with Crippen LogP contribution in [0.1, 0.15) is 42.1 Å². The van der Waals surface area contributed by atoms with E-state index in [0.29, 0.717) is 19.7 Å². The molecule has 4 heteroatoms. The first-order valence-corrected chi connectivity index (χ1v) is 7.43. The van der Waals surface area contributed by atoms with Crippen molar-refractivity contribution in [2.24, 2.45) is 5.73 Å². The average Bonchev–Trinajstić information content (AvgIpc) is 2.47. The zero-order valence-corrected chi connectivity index (χ0v) is 12.4. The lowest BCUT2D eigenvalue weighted by Gasteiger charge is -2.09. The first-order chi connectivity index (χ1) is 9.79. The van der Waals surface area contributed by atoms with Gasteiger partial charge in [-0.25, -0.2) is 0 Å². The van der Waals surface area contributed by atoms with E-state index in [1.807, 2.05) is 24.3 Å². The molecule has 0 heterocycles. The Balaban J connectivity index is 2.29. The molecule has 0 aromatic heterocycles. The third-order valence-electron chi connectivity index (χ3n) is 3.07. The van der Waals surface area contributed by atoms with Crippen molar-refractivity contribution in [3.05, 3.63) is 35.4 Å². The van der Waals surface area contributed by atoms with Gasteiger partial charge in [-0.3, -0.25) is 4.79 Å². The van der Waals surface area contributed by atoms with E-state index in [1.54, 1.807) is 0 Å². The third-order valence-corrected chi connectivity index (χ3v) is 3.07. The van der Waals surface area contributed by atoms with Crippen LogP contribution < -0.4 is 11.1 Å². The molecule has 0 aliphatic heterocycles. The van der Waals surface area contributed by atoms with Crippen molar-refractivity contribution in [2.75, 3.05) is 26.3 Å². The lowest BCUT2D eigenvalue weighted by molar-refractivity contribution is 0.0939. The topological polar surface area (TPSA) is 64.3 Å². The highest BCUT2D eigenvalue weighted by Gasteiger charge is 2.09. The summed E-state index contributed by atoms with van der Waals surface area (Å²) < 4.78 is 5.46. The van der Waals surface area contributed by atoms with Gasteiger partial charge >= 0.3 is 0 Å². The Morgan fingerprint density at radius 1 is 1.25 bits per heavy atom. The van der Waals surface area contributed by atoms with Crippen LogP contribution in [0.4, 0.5) is 0 Å². The van der Waals surface area contributed by atoms with Gasteiger partial charge in [-0.1, -0.05) is 31.5 Å². The van der Waals surface area contributed by atoms with E-state index >= 15 is 0 Å². The van der Waals surface area contributed by atoms with Gasteiger partial charge in [0.2, 0.25) is 0 Å². The molecule has 112 valence electrons. The van der Waals surface area contributed by atoms with Gasteiger partial charge in [-0.05, 0) is 37.4 Å². The number of nitrogens with one attached hydrogen (secondary N) is 1. The van der Waals surface area contributed by atoms with Gasteiger partial charge < -0.3 is 15.8 Å². The van der Waals surface area contributed by atoms with E-state index in [9.17, 15) is 4.79 Å². The van der Waals surface area contributed by atoms with Crippen molar-refractivity contribution in [2.45, 2.75) is 32.6 Å². The Morgan fingerprint density at radius 3 is 2.75 bits per heavy atom. The van der Waals surface area contributed by atoms with Crippen molar-refractivity contribution in [3.8, 4) is 0 Å². The molecule has 20 heavy (non-hydrogen) atoms. The van der Waals surface area contributed by atoms with Crippen LogP contribution in [0.3, 0.4) is 0 Å². The standard InChI is InChI=1S/C16H26N2O2/c1-2-3-12-20-13-6-11-18-16(19)15-8-5-4-7-14(15)9-10-17/h4-5,7-8H,2-3,6,9-13,17H2,1H3,(H,18,19). The highest BCUT2D eigenvalue weighted by atomic mass is 16.5. The minimum atomic E-state index is -0.0254. The summed E-state index contributed by atoms with van der Waals surface area (Å²) in [6, 6.07) is 7.61. The number of carbonyl (C=O) groups excluding carboxylic acids is 1. The van der Waals surface area contributed by atoms with Crippen molar-refractivity contribution < 1.29 is 9.53 Å². The lowest BCUT2D eigenvalue weighted by atomic mass is 10.0. The maximum Gasteiger partial charge on any atom is 0.251 e. The van der Waals surface area contributed by atoms with Gasteiger partial charge in [0, 0.05) is 25.3 Å². The number of carbonyl (C=O) groups is 1. The molecule has 1 aromatic rings. The number of nitrogens with two attached hydrogens (primary N) is 1. The second-order valence-electron chi connectivity index (χ2n) is 4.77. The monoisotopic (exact) mass is 278 g/mol. The molecule has 0 bridgehead atoms. The maximum atomic E-state index is 12.1. The molecule has 0 radical (unpaired) electrons. The molecule has 0 unspecified atom stereocenters. The Hall–Kier alpha value is -1.39. The van der Waals surface area contributed by atoms with Crippen LogP contribution >= 0.6 is 0 Å². The zero-order chi connectivity index (χ0) is 14.6. The van der Waals surface area contributed by atoms with Crippen LogP contribution in [-0.4, -0.2) is 32.2 Å². The number of ether oxygens (including phenoxy) is 1. The second kappa shape index (κ2) is 10.4. The van der Waals surface area contributed by atoms with Gasteiger partial charge in [-0.15, -0.1) is 0 Å². The van der Waals surface area contributed by atoms with E-state index in [4.69, 9.17) is 10.5 Å². The average molecular weight is 278 g/mol. The van der Waals surface area contributed by atoms with Gasteiger partial charge in [0.15, 0.2) is 0 Å². The fourth-order valence-corrected chi connectivity index (χ4v) is 1.94. The molecule has 0 saturated carbocycles. The summed E-state index contributed by atoms with van der Waals surface area (Å²) in [6.07, 6.45) is 3.81. The molecule has 0 aliphatic rings. The molecule has 1 aromatic carbocycles. The fourth-order valence-electron chi connectivity index (χ4n) is 1.94. The Morgan fingerprint density at radius 2 is 2.00 bits per heavy atom. The van der Waals surface area contributed by atoms with Crippen molar-refractivity contribution >= 4 is 5.91 Å². The third kappa shape index (κ3) is 6.17. The van der Waals surface area contributed by atoms with E-state index in [0.717, 1.165) is 43.4 Å². The Bertz CT molecular complexity index is 394. The largest absolute Gasteiger partial charge is 0.381 e. The molecule has 1 rings (SSSR count). The SMILES string of the molecule is CCCCOCCCNC(=O)c1ccccc1CCN. The minimum Gasteiger partial charge on any atom is -0.381 e. The number of rotatable bonds is 10. The van der Waals surface area contributed by atoms with Crippen molar-refractivity contribution in [1.82, 2.24) is 5.32 Å². The normalized spacial score (nSPS) is 10.5. The first-order valence-electron chi connectivity index (χ1n) is 7.43. The summed E-state index contributed by atoms with van der Waals surface area (Å²) in [5, 5.41) is 2.93. The molecule has 0 saturated heterocycles.